The molecule has 1 rings (SSSR count). The molecule has 0 aromatic carbocycles. The van der Waals surface area contributed by atoms with E-state index in [1.807, 2.05) is 32.2 Å². The molecule has 1 aromatic heterocycles. The molecular formula is C11H17NO2S. The molecule has 0 aliphatic rings. The number of nitrogens with one attached hydrogen (secondary N) is 1. The van der Waals surface area contributed by atoms with Crippen LogP contribution >= 0.6 is 11.3 Å². The highest BCUT2D eigenvalue weighted by Gasteiger charge is 2.09. The van der Waals surface area contributed by atoms with E-state index in [1.54, 1.807) is 11.3 Å². The van der Waals surface area contributed by atoms with E-state index in [2.05, 4.69) is 11.4 Å². The minimum absolute atomic E-state index is 0.0451. The van der Waals surface area contributed by atoms with Crippen LogP contribution in [0.25, 0.3) is 0 Å². The molecule has 1 atom stereocenters. The number of ether oxygens (including phenoxy) is 1. The SMILES string of the molecule is CC(C)OC(=O)CN[C@H](C)c1cccs1. The summed E-state index contributed by atoms with van der Waals surface area (Å²) in [4.78, 5) is 12.5. The summed E-state index contributed by atoms with van der Waals surface area (Å²) in [6, 6.07) is 4.26. The molecule has 0 saturated carbocycles. The quantitative estimate of drug-likeness (QED) is 0.785. The van der Waals surface area contributed by atoms with E-state index in [1.165, 1.54) is 4.88 Å². The van der Waals surface area contributed by atoms with E-state index < -0.39 is 0 Å². The lowest BCUT2D eigenvalue weighted by Crippen LogP contribution is -2.28. The maximum absolute atomic E-state index is 11.2. The number of carbonyl (C=O) groups excluding carboxylic acids is 1. The van der Waals surface area contributed by atoms with E-state index in [9.17, 15) is 4.79 Å². The molecule has 0 aliphatic heterocycles. The number of hydrogen-bond acceptors (Lipinski definition) is 4. The van der Waals surface area contributed by atoms with Crippen LogP contribution in [0.15, 0.2) is 17.5 Å². The first kappa shape index (κ1) is 12.2. The Bertz CT molecular complexity index is 296. The van der Waals surface area contributed by atoms with Gasteiger partial charge >= 0.3 is 5.97 Å². The van der Waals surface area contributed by atoms with Crippen molar-refractivity contribution >= 4 is 17.3 Å². The predicted molar refractivity (Wildman–Crippen MR) is 62.0 cm³/mol. The maximum atomic E-state index is 11.2. The third kappa shape index (κ3) is 4.44. The Labute approximate surface area is 94.5 Å². The molecule has 15 heavy (non-hydrogen) atoms. The molecule has 0 radical (unpaired) electrons. The number of esters is 1. The smallest absolute Gasteiger partial charge is 0.320 e. The summed E-state index contributed by atoms with van der Waals surface area (Å²) >= 11 is 1.68. The highest BCUT2D eigenvalue weighted by Crippen LogP contribution is 2.17. The van der Waals surface area contributed by atoms with Gasteiger partial charge in [0.2, 0.25) is 0 Å². The van der Waals surface area contributed by atoms with Gasteiger partial charge in [-0.05, 0) is 32.2 Å². The minimum atomic E-state index is -0.201. The largest absolute Gasteiger partial charge is 0.462 e. The van der Waals surface area contributed by atoms with Crippen molar-refractivity contribution in [3.8, 4) is 0 Å². The zero-order valence-electron chi connectivity index (χ0n) is 9.32. The second kappa shape index (κ2) is 5.88. The van der Waals surface area contributed by atoms with Crippen molar-refractivity contribution in [1.82, 2.24) is 5.32 Å². The van der Waals surface area contributed by atoms with Gasteiger partial charge in [0, 0.05) is 10.9 Å². The first-order valence-corrected chi connectivity index (χ1v) is 5.94. The Morgan fingerprint density at radius 2 is 2.27 bits per heavy atom. The summed E-state index contributed by atoms with van der Waals surface area (Å²) < 4.78 is 5.02. The molecule has 0 saturated heterocycles. The van der Waals surface area contributed by atoms with Gasteiger partial charge in [-0.15, -0.1) is 11.3 Å². The fourth-order valence-corrected chi connectivity index (χ4v) is 1.94. The second-order valence-electron chi connectivity index (χ2n) is 3.66. The summed E-state index contributed by atoms with van der Waals surface area (Å²) in [7, 11) is 0. The standard InChI is InChI=1S/C11H17NO2S/c1-8(2)14-11(13)7-12-9(3)10-5-4-6-15-10/h4-6,8-9,12H,7H2,1-3H3/t9-/m1/s1. The Morgan fingerprint density at radius 1 is 1.53 bits per heavy atom. The van der Waals surface area contributed by atoms with Crippen molar-refractivity contribution in [1.29, 1.82) is 0 Å². The van der Waals surface area contributed by atoms with Gasteiger partial charge in [0.1, 0.15) is 0 Å². The zero-order chi connectivity index (χ0) is 11.3. The van der Waals surface area contributed by atoms with Crippen molar-refractivity contribution in [2.24, 2.45) is 0 Å². The molecule has 0 fully saturated rings. The Morgan fingerprint density at radius 3 is 2.80 bits per heavy atom. The number of thiophene rings is 1. The van der Waals surface area contributed by atoms with Gasteiger partial charge in [-0.25, -0.2) is 0 Å². The molecule has 1 aromatic rings. The summed E-state index contributed by atoms with van der Waals surface area (Å²) in [6.07, 6.45) is -0.0451. The fourth-order valence-electron chi connectivity index (χ4n) is 1.18. The van der Waals surface area contributed by atoms with Crippen LogP contribution < -0.4 is 5.32 Å². The Hall–Kier alpha value is -0.870. The third-order valence-corrected chi connectivity index (χ3v) is 2.94. The molecule has 0 unspecified atom stereocenters. The van der Waals surface area contributed by atoms with Crippen LogP contribution in [-0.4, -0.2) is 18.6 Å². The molecule has 0 bridgehead atoms. The minimum Gasteiger partial charge on any atom is -0.462 e. The fraction of sp³-hybridized carbons (Fsp3) is 0.545. The second-order valence-corrected chi connectivity index (χ2v) is 4.64. The van der Waals surface area contributed by atoms with Crippen LogP contribution in [0.5, 0.6) is 0 Å². The van der Waals surface area contributed by atoms with Gasteiger partial charge in [0.05, 0.1) is 12.6 Å². The van der Waals surface area contributed by atoms with Crippen molar-refractivity contribution in [3.63, 3.8) is 0 Å². The van der Waals surface area contributed by atoms with Gasteiger partial charge in [-0.1, -0.05) is 6.07 Å². The van der Waals surface area contributed by atoms with Crippen LogP contribution in [0.2, 0.25) is 0 Å². The maximum Gasteiger partial charge on any atom is 0.320 e. The Balaban J connectivity index is 2.28. The van der Waals surface area contributed by atoms with E-state index >= 15 is 0 Å². The van der Waals surface area contributed by atoms with Crippen molar-refractivity contribution < 1.29 is 9.53 Å². The molecule has 84 valence electrons. The van der Waals surface area contributed by atoms with Gasteiger partial charge in [-0.3, -0.25) is 10.1 Å². The highest BCUT2D eigenvalue weighted by atomic mass is 32.1. The van der Waals surface area contributed by atoms with Crippen LogP contribution in [0.1, 0.15) is 31.7 Å². The normalized spacial score (nSPS) is 12.8. The van der Waals surface area contributed by atoms with E-state index in [-0.39, 0.29) is 24.7 Å². The predicted octanol–water partition coefficient (Wildman–Crippen LogP) is 2.35. The summed E-state index contributed by atoms with van der Waals surface area (Å²) in [5.74, 6) is -0.201. The first-order chi connectivity index (χ1) is 7.09. The highest BCUT2D eigenvalue weighted by molar-refractivity contribution is 7.10. The average molecular weight is 227 g/mol. The van der Waals surface area contributed by atoms with Gasteiger partial charge in [0.25, 0.3) is 0 Å². The van der Waals surface area contributed by atoms with Gasteiger partial charge in [0.15, 0.2) is 0 Å². The van der Waals surface area contributed by atoms with Crippen LogP contribution in [0.3, 0.4) is 0 Å². The molecule has 0 aliphatic carbocycles. The molecular weight excluding hydrogens is 210 g/mol. The molecule has 1 heterocycles. The molecule has 4 heteroatoms. The van der Waals surface area contributed by atoms with E-state index in [0.29, 0.717) is 0 Å². The average Bonchev–Trinajstić information content (AvgIpc) is 2.65. The zero-order valence-corrected chi connectivity index (χ0v) is 10.1. The molecule has 1 N–H and O–H groups in total. The first-order valence-electron chi connectivity index (χ1n) is 5.06. The monoisotopic (exact) mass is 227 g/mol. The van der Waals surface area contributed by atoms with Gasteiger partial charge in [-0.2, -0.15) is 0 Å². The lowest BCUT2D eigenvalue weighted by Gasteiger charge is -2.12. The Kier molecular flexibility index (Phi) is 4.78. The van der Waals surface area contributed by atoms with Crippen molar-refractivity contribution in [2.45, 2.75) is 32.9 Å². The summed E-state index contributed by atoms with van der Waals surface area (Å²) in [5, 5.41) is 5.15. The van der Waals surface area contributed by atoms with Crippen LogP contribution in [-0.2, 0) is 9.53 Å². The van der Waals surface area contributed by atoms with E-state index in [0.717, 1.165) is 0 Å². The van der Waals surface area contributed by atoms with Crippen molar-refractivity contribution in [2.75, 3.05) is 6.54 Å². The lowest BCUT2D eigenvalue weighted by molar-refractivity contribution is -0.146. The summed E-state index contributed by atoms with van der Waals surface area (Å²) in [6.45, 7) is 5.99. The van der Waals surface area contributed by atoms with E-state index in [4.69, 9.17) is 4.74 Å². The molecule has 0 amide bonds. The molecule has 0 spiro atoms. The van der Waals surface area contributed by atoms with Crippen LogP contribution in [0.4, 0.5) is 0 Å². The number of hydrogen-bond donors (Lipinski definition) is 1. The number of carbonyl (C=O) groups is 1. The third-order valence-electron chi connectivity index (χ3n) is 1.89. The number of rotatable bonds is 5. The van der Waals surface area contributed by atoms with Crippen molar-refractivity contribution in [3.05, 3.63) is 22.4 Å². The summed E-state index contributed by atoms with van der Waals surface area (Å²) in [5.41, 5.74) is 0. The van der Waals surface area contributed by atoms with Gasteiger partial charge < -0.3 is 4.74 Å². The topological polar surface area (TPSA) is 38.3 Å². The lowest BCUT2D eigenvalue weighted by atomic mass is 10.3. The molecule has 3 nitrogen and oxygen atoms in total. The van der Waals surface area contributed by atoms with Crippen LogP contribution in [0, 0.1) is 0 Å².